The lowest BCUT2D eigenvalue weighted by atomic mass is 10.2. The lowest BCUT2D eigenvalue weighted by Crippen LogP contribution is -2.47. The van der Waals surface area contributed by atoms with E-state index in [0.29, 0.717) is 0 Å². The molecule has 0 radical (unpaired) electrons. The third-order valence-electron chi connectivity index (χ3n) is 2.81. The van der Waals surface area contributed by atoms with Crippen molar-refractivity contribution in [1.82, 2.24) is 4.90 Å². The van der Waals surface area contributed by atoms with E-state index in [4.69, 9.17) is 10.5 Å². The Balaban J connectivity index is 2.58. The summed E-state index contributed by atoms with van der Waals surface area (Å²) in [5.41, 5.74) is 6.33. The van der Waals surface area contributed by atoms with Crippen LogP contribution < -0.4 is 5.73 Å². The molecule has 0 aromatic heterocycles. The monoisotopic (exact) mass is 308 g/mol. The molecule has 1 amide bonds. The first kappa shape index (κ1) is 17.6. The number of carbonyl (C=O) groups excluding carboxylic acids is 3. The number of hydrogen-bond donors (Lipinski definition) is 1. The average Bonchev–Trinajstić information content (AvgIpc) is 2.52. The van der Waals surface area contributed by atoms with Crippen LogP contribution >= 0.6 is 0 Å². The van der Waals surface area contributed by atoms with Gasteiger partial charge in [-0.3, -0.25) is 14.4 Å². The van der Waals surface area contributed by atoms with E-state index in [-0.39, 0.29) is 19.7 Å². The molecular weight excluding hydrogens is 288 g/mol. The van der Waals surface area contributed by atoms with Crippen molar-refractivity contribution in [2.45, 2.75) is 19.6 Å². The van der Waals surface area contributed by atoms with Gasteiger partial charge in [-0.2, -0.15) is 0 Å². The lowest BCUT2D eigenvalue weighted by Gasteiger charge is -2.22. The first-order valence-corrected chi connectivity index (χ1v) is 6.74. The van der Waals surface area contributed by atoms with Crippen molar-refractivity contribution >= 4 is 17.8 Å². The number of nitrogens with two attached hydrogens (primary N) is 1. The molecule has 0 saturated carbocycles. The second-order valence-electron chi connectivity index (χ2n) is 4.71. The number of ether oxygens (including phenoxy) is 2. The highest BCUT2D eigenvalue weighted by molar-refractivity contribution is 5.88. The summed E-state index contributed by atoms with van der Waals surface area (Å²) in [5.74, 6) is -1.78. The molecule has 1 aromatic carbocycles. The van der Waals surface area contributed by atoms with Gasteiger partial charge in [-0.1, -0.05) is 30.3 Å². The Morgan fingerprint density at radius 1 is 1.14 bits per heavy atom. The van der Waals surface area contributed by atoms with Gasteiger partial charge in [0.05, 0.1) is 13.2 Å². The van der Waals surface area contributed by atoms with Crippen molar-refractivity contribution in [2.24, 2.45) is 5.73 Å². The molecule has 1 atom stereocenters. The van der Waals surface area contributed by atoms with E-state index in [1.165, 1.54) is 14.0 Å². The van der Waals surface area contributed by atoms with Crippen molar-refractivity contribution in [3.05, 3.63) is 35.9 Å². The smallest absolute Gasteiger partial charge is 0.325 e. The minimum absolute atomic E-state index is 0.0953. The largest absolute Gasteiger partial charge is 0.468 e. The molecule has 0 bridgehead atoms. The van der Waals surface area contributed by atoms with Gasteiger partial charge in [0.1, 0.15) is 19.7 Å². The third kappa shape index (κ3) is 5.92. The van der Waals surface area contributed by atoms with Gasteiger partial charge >= 0.3 is 11.9 Å². The van der Waals surface area contributed by atoms with Gasteiger partial charge in [-0.15, -0.1) is 0 Å². The van der Waals surface area contributed by atoms with E-state index >= 15 is 0 Å². The summed E-state index contributed by atoms with van der Waals surface area (Å²) in [6.07, 6.45) is 0. The molecule has 0 spiro atoms. The van der Waals surface area contributed by atoms with E-state index in [1.807, 2.05) is 30.3 Å². The molecule has 0 saturated heterocycles. The van der Waals surface area contributed by atoms with Crippen LogP contribution in [0.1, 0.15) is 12.5 Å². The van der Waals surface area contributed by atoms with Gasteiger partial charge in [0.2, 0.25) is 5.91 Å². The summed E-state index contributed by atoms with van der Waals surface area (Å²) >= 11 is 0. The fraction of sp³-hybridized carbons (Fsp3) is 0.400. The van der Waals surface area contributed by atoms with Crippen molar-refractivity contribution in [3.63, 3.8) is 0 Å². The number of nitrogens with zero attached hydrogens (tertiary/aromatic N) is 1. The van der Waals surface area contributed by atoms with E-state index < -0.39 is 23.9 Å². The molecule has 0 fully saturated rings. The highest BCUT2D eigenvalue weighted by atomic mass is 16.5. The standard InChI is InChI=1S/C15H20N2O5/c1-11(16)15(20)17(8-13(18)21-2)9-14(19)22-10-12-6-4-3-5-7-12/h3-7,11H,8-10,16H2,1-2H3/t11-/m0/s1. The minimum atomic E-state index is -0.827. The molecule has 120 valence electrons. The van der Waals surface area contributed by atoms with Gasteiger partial charge in [-0.25, -0.2) is 0 Å². The molecule has 0 aliphatic heterocycles. The summed E-state index contributed by atoms with van der Waals surface area (Å²) in [6, 6.07) is 8.30. The van der Waals surface area contributed by atoms with Crippen LogP contribution in [0.3, 0.4) is 0 Å². The molecule has 22 heavy (non-hydrogen) atoms. The molecular formula is C15H20N2O5. The third-order valence-corrected chi connectivity index (χ3v) is 2.81. The zero-order chi connectivity index (χ0) is 16.5. The average molecular weight is 308 g/mol. The van der Waals surface area contributed by atoms with Crippen molar-refractivity contribution in [3.8, 4) is 0 Å². The predicted molar refractivity (Wildman–Crippen MR) is 78.5 cm³/mol. The van der Waals surface area contributed by atoms with Crippen molar-refractivity contribution in [1.29, 1.82) is 0 Å². The maximum absolute atomic E-state index is 11.9. The van der Waals surface area contributed by atoms with Crippen molar-refractivity contribution in [2.75, 3.05) is 20.2 Å². The zero-order valence-corrected chi connectivity index (χ0v) is 12.7. The second-order valence-corrected chi connectivity index (χ2v) is 4.71. The number of carbonyl (C=O) groups is 3. The first-order chi connectivity index (χ1) is 10.4. The fourth-order valence-corrected chi connectivity index (χ4v) is 1.66. The Morgan fingerprint density at radius 3 is 2.27 bits per heavy atom. The number of rotatable bonds is 7. The predicted octanol–water partition coefficient (Wildman–Crippen LogP) is 0.0786. The maximum atomic E-state index is 11.9. The maximum Gasteiger partial charge on any atom is 0.325 e. The zero-order valence-electron chi connectivity index (χ0n) is 12.7. The molecule has 0 aliphatic rings. The highest BCUT2D eigenvalue weighted by Gasteiger charge is 2.23. The van der Waals surface area contributed by atoms with Crippen LogP contribution in [-0.2, 0) is 30.5 Å². The van der Waals surface area contributed by atoms with Crippen LogP contribution in [0, 0.1) is 0 Å². The van der Waals surface area contributed by atoms with Gasteiger partial charge in [0.15, 0.2) is 0 Å². The topological polar surface area (TPSA) is 98.9 Å². The number of benzene rings is 1. The van der Waals surface area contributed by atoms with E-state index in [9.17, 15) is 14.4 Å². The molecule has 0 unspecified atom stereocenters. The Kier molecular flexibility index (Phi) is 7.04. The summed E-state index contributed by atoms with van der Waals surface area (Å²) < 4.78 is 9.57. The Bertz CT molecular complexity index is 516. The van der Waals surface area contributed by atoms with Crippen LogP contribution in [0.4, 0.5) is 0 Å². The molecule has 1 rings (SSSR count). The van der Waals surface area contributed by atoms with Crippen LogP contribution in [0.25, 0.3) is 0 Å². The quantitative estimate of drug-likeness (QED) is 0.716. The Hall–Kier alpha value is -2.41. The molecule has 0 aliphatic carbocycles. The highest BCUT2D eigenvalue weighted by Crippen LogP contribution is 2.02. The van der Waals surface area contributed by atoms with E-state index in [1.54, 1.807) is 0 Å². The summed E-state index contributed by atoms with van der Waals surface area (Å²) in [6.45, 7) is 0.861. The van der Waals surface area contributed by atoms with Crippen LogP contribution in [0.15, 0.2) is 30.3 Å². The van der Waals surface area contributed by atoms with Crippen LogP contribution in [0.2, 0.25) is 0 Å². The van der Waals surface area contributed by atoms with Gasteiger partial charge in [-0.05, 0) is 12.5 Å². The van der Waals surface area contributed by atoms with Gasteiger partial charge in [0, 0.05) is 0 Å². The fourth-order valence-electron chi connectivity index (χ4n) is 1.66. The summed E-state index contributed by atoms with van der Waals surface area (Å²) in [7, 11) is 1.20. The second kappa shape index (κ2) is 8.78. The molecule has 7 nitrogen and oxygen atoms in total. The minimum Gasteiger partial charge on any atom is -0.468 e. The molecule has 1 aromatic rings. The SMILES string of the molecule is COC(=O)CN(CC(=O)OCc1ccccc1)C(=O)[C@H](C)N. The number of amides is 1. The summed E-state index contributed by atoms with van der Waals surface area (Å²) in [5, 5.41) is 0. The normalized spacial score (nSPS) is 11.4. The molecule has 0 heterocycles. The Morgan fingerprint density at radius 2 is 1.73 bits per heavy atom. The van der Waals surface area contributed by atoms with E-state index in [2.05, 4.69) is 4.74 Å². The van der Waals surface area contributed by atoms with Gasteiger partial charge in [0.25, 0.3) is 0 Å². The first-order valence-electron chi connectivity index (χ1n) is 6.74. The number of hydrogen-bond acceptors (Lipinski definition) is 6. The van der Waals surface area contributed by atoms with E-state index in [0.717, 1.165) is 10.5 Å². The summed E-state index contributed by atoms with van der Waals surface area (Å²) in [4.78, 5) is 36.0. The van der Waals surface area contributed by atoms with Gasteiger partial charge < -0.3 is 20.1 Å². The van der Waals surface area contributed by atoms with Crippen LogP contribution in [0.5, 0.6) is 0 Å². The number of esters is 2. The lowest BCUT2D eigenvalue weighted by molar-refractivity contribution is -0.154. The Labute approximate surface area is 129 Å². The number of methoxy groups -OCH3 is 1. The van der Waals surface area contributed by atoms with Crippen LogP contribution in [-0.4, -0.2) is 49.0 Å². The molecule has 7 heteroatoms. The van der Waals surface area contributed by atoms with Crippen molar-refractivity contribution < 1.29 is 23.9 Å². The molecule has 2 N–H and O–H groups in total.